The third kappa shape index (κ3) is 2.23. The molecule has 0 aliphatic carbocycles. The van der Waals surface area contributed by atoms with Gasteiger partial charge in [-0.15, -0.1) is 0 Å². The molecule has 13 heavy (non-hydrogen) atoms. The monoisotopic (exact) mass is 183 g/mol. The van der Waals surface area contributed by atoms with Crippen LogP contribution in [0.5, 0.6) is 0 Å². The SMILES string of the molecule is CC1NCCCC1C1CCCOC1. The average molecular weight is 183 g/mol. The summed E-state index contributed by atoms with van der Waals surface area (Å²) in [7, 11) is 0. The predicted octanol–water partition coefficient (Wildman–Crippen LogP) is 1.80. The second-order valence-corrected chi connectivity index (χ2v) is 4.53. The molecule has 0 saturated carbocycles. The molecule has 0 radical (unpaired) electrons. The summed E-state index contributed by atoms with van der Waals surface area (Å²) in [5.74, 6) is 1.70. The third-order valence-corrected chi connectivity index (χ3v) is 3.62. The second kappa shape index (κ2) is 4.43. The first-order chi connectivity index (χ1) is 6.38. The van der Waals surface area contributed by atoms with Gasteiger partial charge in [0.1, 0.15) is 0 Å². The van der Waals surface area contributed by atoms with Crippen LogP contribution in [0.1, 0.15) is 32.6 Å². The number of ether oxygens (including phenoxy) is 1. The average Bonchev–Trinajstić information content (AvgIpc) is 2.20. The standard InChI is InChI=1S/C11H21NO/c1-9-11(5-2-6-12-9)10-4-3-7-13-8-10/h9-12H,2-8H2,1H3. The van der Waals surface area contributed by atoms with Crippen molar-refractivity contribution in [3.8, 4) is 0 Å². The van der Waals surface area contributed by atoms with Crippen LogP contribution < -0.4 is 5.32 Å². The Balaban J connectivity index is 1.88. The number of rotatable bonds is 1. The molecule has 0 bridgehead atoms. The van der Waals surface area contributed by atoms with Crippen molar-refractivity contribution in [3.63, 3.8) is 0 Å². The lowest BCUT2D eigenvalue weighted by atomic mass is 9.78. The van der Waals surface area contributed by atoms with Crippen molar-refractivity contribution in [2.24, 2.45) is 11.8 Å². The van der Waals surface area contributed by atoms with Crippen LogP contribution in [0.25, 0.3) is 0 Å². The van der Waals surface area contributed by atoms with Crippen molar-refractivity contribution in [1.29, 1.82) is 0 Å². The van der Waals surface area contributed by atoms with Crippen molar-refractivity contribution in [3.05, 3.63) is 0 Å². The molecule has 2 heteroatoms. The predicted molar refractivity (Wildman–Crippen MR) is 53.7 cm³/mol. The first kappa shape index (κ1) is 9.47. The summed E-state index contributed by atoms with van der Waals surface area (Å²) in [5.41, 5.74) is 0. The summed E-state index contributed by atoms with van der Waals surface area (Å²) in [4.78, 5) is 0. The summed E-state index contributed by atoms with van der Waals surface area (Å²) in [6.07, 6.45) is 5.41. The van der Waals surface area contributed by atoms with E-state index in [4.69, 9.17) is 4.74 Å². The zero-order valence-electron chi connectivity index (χ0n) is 8.59. The van der Waals surface area contributed by atoms with E-state index in [1.807, 2.05) is 0 Å². The van der Waals surface area contributed by atoms with Gasteiger partial charge in [-0.2, -0.15) is 0 Å². The van der Waals surface area contributed by atoms with Crippen molar-refractivity contribution in [2.45, 2.75) is 38.6 Å². The number of hydrogen-bond acceptors (Lipinski definition) is 2. The molecule has 2 aliphatic heterocycles. The highest BCUT2D eigenvalue weighted by Crippen LogP contribution is 2.30. The summed E-state index contributed by atoms with van der Waals surface area (Å²) >= 11 is 0. The molecule has 0 aromatic heterocycles. The third-order valence-electron chi connectivity index (χ3n) is 3.62. The topological polar surface area (TPSA) is 21.3 Å². The highest BCUT2D eigenvalue weighted by atomic mass is 16.5. The van der Waals surface area contributed by atoms with Gasteiger partial charge in [0.05, 0.1) is 0 Å². The van der Waals surface area contributed by atoms with Gasteiger partial charge in [0.2, 0.25) is 0 Å². The minimum absolute atomic E-state index is 0.709. The van der Waals surface area contributed by atoms with Gasteiger partial charge in [-0.3, -0.25) is 0 Å². The smallest absolute Gasteiger partial charge is 0.0497 e. The van der Waals surface area contributed by atoms with E-state index < -0.39 is 0 Å². The highest BCUT2D eigenvalue weighted by Gasteiger charge is 2.29. The fourth-order valence-corrected chi connectivity index (χ4v) is 2.82. The highest BCUT2D eigenvalue weighted by molar-refractivity contribution is 4.83. The van der Waals surface area contributed by atoms with E-state index in [0.717, 1.165) is 25.0 Å². The molecule has 0 aromatic carbocycles. The van der Waals surface area contributed by atoms with E-state index in [1.54, 1.807) is 0 Å². The van der Waals surface area contributed by atoms with Crippen LogP contribution >= 0.6 is 0 Å². The first-order valence-corrected chi connectivity index (χ1v) is 5.69. The molecular weight excluding hydrogens is 162 g/mol. The molecule has 2 aliphatic rings. The lowest BCUT2D eigenvalue weighted by Gasteiger charge is -2.37. The fourth-order valence-electron chi connectivity index (χ4n) is 2.82. The van der Waals surface area contributed by atoms with Crippen LogP contribution in [-0.2, 0) is 4.74 Å². The maximum Gasteiger partial charge on any atom is 0.0497 e. The van der Waals surface area contributed by atoms with E-state index in [-0.39, 0.29) is 0 Å². The van der Waals surface area contributed by atoms with E-state index in [9.17, 15) is 0 Å². The maximum absolute atomic E-state index is 5.56. The summed E-state index contributed by atoms with van der Waals surface area (Å²) in [5, 5.41) is 3.57. The molecule has 2 nitrogen and oxygen atoms in total. The molecule has 3 atom stereocenters. The Morgan fingerprint density at radius 1 is 1.23 bits per heavy atom. The summed E-state index contributed by atoms with van der Waals surface area (Å²) in [6.45, 7) is 5.55. The van der Waals surface area contributed by atoms with Gasteiger partial charge in [0.15, 0.2) is 0 Å². The molecule has 0 aromatic rings. The quantitative estimate of drug-likeness (QED) is 0.669. The minimum atomic E-state index is 0.709. The van der Waals surface area contributed by atoms with Crippen LogP contribution in [0.4, 0.5) is 0 Å². The van der Waals surface area contributed by atoms with Crippen molar-refractivity contribution in [1.82, 2.24) is 5.32 Å². The Morgan fingerprint density at radius 2 is 2.15 bits per heavy atom. The number of hydrogen-bond donors (Lipinski definition) is 1. The Hall–Kier alpha value is -0.0800. The molecule has 2 rings (SSSR count). The zero-order valence-corrected chi connectivity index (χ0v) is 8.59. The Morgan fingerprint density at radius 3 is 2.85 bits per heavy atom. The van der Waals surface area contributed by atoms with Gasteiger partial charge >= 0.3 is 0 Å². The van der Waals surface area contributed by atoms with Crippen LogP contribution in [0.15, 0.2) is 0 Å². The van der Waals surface area contributed by atoms with Crippen LogP contribution in [0.2, 0.25) is 0 Å². The Bertz CT molecular complexity index is 154. The molecule has 1 N–H and O–H groups in total. The lowest BCUT2D eigenvalue weighted by molar-refractivity contribution is 0.0163. The van der Waals surface area contributed by atoms with E-state index >= 15 is 0 Å². The minimum Gasteiger partial charge on any atom is -0.381 e. The zero-order chi connectivity index (χ0) is 9.10. The molecule has 2 saturated heterocycles. The first-order valence-electron chi connectivity index (χ1n) is 5.69. The largest absolute Gasteiger partial charge is 0.381 e. The number of piperidine rings is 1. The van der Waals surface area contributed by atoms with Gasteiger partial charge in [-0.25, -0.2) is 0 Å². The van der Waals surface area contributed by atoms with Gasteiger partial charge in [0.25, 0.3) is 0 Å². The van der Waals surface area contributed by atoms with E-state index in [2.05, 4.69) is 12.2 Å². The molecule has 76 valence electrons. The molecule has 0 spiro atoms. The van der Waals surface area contributed by atoms with Crippen molar-refractivity contribution >= 4 is 0 Å². The number of nitrogens with one attached hydrogen (secondary N) is 1. The van der Waals surface area contributed by atoms with Gasteiger partial charge in [-0.05, 0) is 51.0 Å². The summed E-state index contributed by atoms with van der Waals surface area (Å²) in [6, 6.07) is 0.709. The van der Waals surface area contributed by atoms with Gasteiger partial charge in [0, 0.05) is 19.3 Å². The maximum atomic E-state index is 5.56. The van der Waals surface area contributed by atoms with E-state index in [1.165, 1.54) is 32.2 Å². The molecule has 0 amide bonds. The Labute approximate surface area is 81.0 Å². The van der Waals surface area contributed by atoms with Crippen LogP contribution in [0, 0.1) is 11.8 Å². The van der Waals surface area contributed by atoms with Crippen molar-refractivity contribution in [2.75, 3.05) is 19.8 Å². The van der Waals surface area contributed by atoms with Crippen molar-refractivity contribution < 1.29 is 4.74 Å². The fraction of sp³-hybridized carbons (Fsp3) is 1.00. The summed E-state index contributed by atoms with van der Waals surface area (Å²) < 4.78 is 5.56. The lowest BCUT2D eigenvalue weighted by Crippen LogP contribution is -2.44. The van der Waals surface area contributed by atoms with E-state index in [0.29, 0.717) is 6.04 Å². The second-order valence-electron chi connectivity index (χ2n) is 4.53. The van der Waals surface area contributed by atoms with Gasteiger partial charge < -0.3 is 10.1 Å². The van der Waals surface area contributed by atoms with Gasteiger partial charge in [-0.1, -0.05) is 0 Å². The molecule has 3 unspecified atom stereocenters. The normalized spacial score (nSPS) is 41.8. The van der Waals surface area contributed by atoms with Crippen LogP contribution in [-0.4, -0.2) is 25.8 Å². The Kier molecular flexibility index (Phi) is 3.23. The molecule has 2 fully saturated rings. The van der Waals surface area contributed by atoms with Crippen LogP contribution in [0.3, 0.4) is 0 Å². The molecular formula is C11H21NO. The molecule has 2 heterocycles.